The van der Waals surface area contributed by atoms with Gasteiger partial charge in [-0.05, 0) is 55.4 Å². The quantitative estimate of drug-likeness (QED) is 0.446. The van der Waals surface area contributed by atoms with Crippen molar-refractivity contribution in [1.82, 2.24) is 15.3 Å². The van der Waals surface area contributed by atoms with E-state index >= 15 is 0 Å². The highest BCUT2D eigenvalue weighted by atomic mass is 32.1. The Balaban J connectivity index is 1.36. The zero-order chi connectivity index (χ0) is 24.5. The van der Waals surface area contributed by atoms with Crippen LogP contribution in [0.25, 0.3) is 10.2 Å². The number of aromatic nitrogens is 2. The molecule has 0 saturated heterocycles. The lowest BCUT2D eigenvalue weighted by Gasteiger charge is -2.21. The molecule has 1 aromatic carbocycles. The molecule has 1 aliphatic carbocycles. The lowest BCUT2D eigenvalue weighted by molar-refractivity contribution is -0.143. The minimum absolute atomic E-state index is 0.0275. The predicted octanol–water partition coefficient (Wildman–Crippen LogP) is 2.62. The monoisotopic (exact) mass is 496 g/mol. The second-order valence-corrected chi connectivity index (χ2v) is 9.57. The number of thiophene rings is 1. The molecule has 11 heteroatoms. The largest absolute Gasteiger partial charge is 0.482 e. The number of carbonyl (C=O) groups is 3. The minimum atomic E-state index is -0.517. The Bertz CT molecular complexity index is 1390. The molecule has 3 aromatic rings. The van der Waals surface area contributed by atoms with E-state index < -0.39 is 5.91 Å². The number of ether oxygens (including phenoxy) is 2. The van der Waals surface area contributed by atoms with E-state index in [1.165, 1.54) is 11.3 Å². The highest BCUT2D eigenvalue weighted by Crippen LogP contribution is 2.42. The fourth-order valence-electron chi connectivity index (χ4n) is 4.58. The smallest absolute Gasteiger partial charge is 0.306 e. The molecule has 0 fully saturated rings. The lowest BCUT2D eigenvalue weighted by atomic mass is 9.84. The Hall–Kier alpha value is -3.73. The van der Waals surface area contributed by atoms with E-state index in [0.717, 1.165) is 35.3 Å². The first-order valence-electron chi connectivity index (χ1n) is 11.5. The molecule has 0 radical (unpaired) electrons. The number of hydrogen-bond acceptors (Lipinski definition) is 8. The van der Waals surface area contributed by atoms with Crippen LogP contribution in [0, 0.1) is 0 Å². The predicted molar refractivity (Wildman–Crippen MR) is 129 cm³/mol. The topological polar surface area (TPSA) is 139 Å². The summed E-state index contributed by atoms with van der Waals surface area (Å²) in [6.07, 6.45) is 2.75. The molecule has 1 unspecified atom stereocenters. The molecule has 1 atom stereocenters. The summed E-state index contributed by atoms with van der Waals surface area (Å²) in [6, 6.07) is 5.24. The number of amides is 2. The van der Waals surface area contributed by atoms with Gasteiger partial charge in [0.25, 0.3) is 17.4 Å². The molecule has 2 aromatic heterocycles. The number of anilines is 1. The van der Waals surface area contributed by atoms with Gasteiger partial charge in [-0.3, -0.25) is 19.2 Å². The third kappa shape index (κ3) is 4.63. The Labute approximate surface area is 204 Å². The van der Waals surface area contributed by atoms with Gasteiger partial charge in [-0.2, -0.15) is 0 Å². The van der Waals surface area contributed by atoms with Crippen LogP contribution in [0.1, 0.15) is 58.7 Å². The molecule has 0 bridgehead atoms. The summed E-state index contributed by atoms with van der Waals surface area (Å²) < 4.78 is 10.5. The van der Waals surface area contributed by atoms with Crippen LogP contribution in [0.15, 0.2) is 23.0 Å². The summed E-state index contributed by atoms with van der Waals surface area (Å²) >= 11 is 1.40. The summed E-state index contributed by atoms with van der Waals surface area (Å²) in [4.78, 5) is 58.0. The average molecular weight is 497 g/mol. The number of hydrogen-bond donors (Lipinski definition) is 3. The fraction of sp³-hybridized carbons (Fsp3) is 0.375. The number of esters is 1. The SMILES string of the molecule is CCOC(=O)CC1CCCc2sc3nc(C(=O)NCc4ccc5c(c4)NC(=O)CO5)[nH]c(=O)c3c21. The van der Waals surface area contributed by atoms with E-state index in [1.807, 2.05) is 0 Å². The van der Waals surface area contributed by atoms with Gasteiger partial charge in [-0.1, -0.05) is 6.07 Å². The lowest BCUT2D eigenvalue weighted by Crippen LogP contribution is -2.28. The summed E-state index contributed by atoms with van der Waals surface area (Å²) in [5.41, 5.74) is 1.77. The number of carbonyl (C=O) groups excluding carboxylic acids is 3. The zero-order valence-electron chi connectivity index (χ0n) is 19.1. The number of benzene rings is 1. The van der Waals surface area contributed by atoms with Gasteiger partial charge in [-0.25, -0.2) is 4.98 Å². The zero-order valence-corrected chi connectivity index (χ0v) is 19.9. The average Bonchev–Trinajstić information content (AvgIpc) is 3.22. The highest BCUT2D eigenvalue weighted by molar-refractivity contribution is 7.18. The van der Waals surface area contributed by atoms with E-state index in [2.05, 4.69) is 20.6 Å². The van der Waals surface area contributed by atoms with Crippen molar-refractivity contribution in [2.24, 2.45) is 0 Å². The van der Waals surface area contributed by atoms with E-state index in [0.29, 0.717) is 28.3 Å². The van der Waals surface area contributed by atoms with Crippen LogP contribution in [0.2, 0.25) is 0 Å². The van der Waals surface area contributed by atoms with Gasteiger partial charge < -0.3 is 25.1 Å². The number of nitrogens with zero attached hydrogens (tertiary/aromatic N) is 1. The standard InChI is InChI=1S/C24H24N4O6S/c1-2-33-18(30)9-13-4-3-5-16-19(13)20-22(31)27-21(28-24(20)35-16)23(32)25-10-12-6-7-15-14(8-12)26-17(29)11-34-15/h6-8,13H,2-5,9-11H2,1H3,(H,25,32)(H,26,29)(H,27,28,31). The second kappa shape index (κ2) is 9.49. The van der Waals surface area contributed by atoms with Crippen LogP contribution >= 0.6 is 11.3 Å². The first kappa shape index (κ1) is 23.0. The van der Waals surface area contributed by atoms with E-state index in [4.69, 9.17) is 9.47 Å². The van der Waals surface area contributed by atoms with Gasteiger partial charge >= 0.3 is 5.97 Å². The van der Waals surface area contributed by atoms with Crippen LogP contribution < -0.4 is 20.9 Å². The van der Waals surface area contributed by atoms with Crippen molar-refractivity contribution in [2.75, 3.05) is 18.5 Å². The van der Waals surface area contributed by atoms with Crippen LogP contribution in [-0.4, -0.2) is 41.0 Å². The third-order valence-corrected chi connectivity index (χ3v) is 7.26. The Morgan fingerprint density at radius 1 is 1.31 bits per heavy atom. The third-order valence-electron chi connectivity index (χ3n) is 6.10. The van der Waals surface area contributed by atoms with Crippen LogP contribution in [0.5, 0.6) is 5.75 Å². The minimum Gasteiger partial charge on any atom is -0.482 e. The van der Waals surface area contributed by atoms with Crippen molar-refractivity contribution in [2.45, 2.75) is 45.1 Å². The molecular weight excluding hydrogens is 472 g/mol. The first-order chi connectivity index (χ1) is 16.9. The van der Waals surface area contributed by atoms with Crippen LogP contribution in [0.3, 0.4) is 0 Å². The summed E-state index contributed by atoms with van der Waals surface area (Å²) in [6.45, 7) is 2.23. The van der Waals surface area contributed by atoms with Gasteiger partial charge in [0.2, 0.25) is 5.82 Å². The van der Waals surface area contributed by atoms with Crippen molar-refractivity contribution in [3.8, 4) is 5.75 Å². The molecule has 2 amide bonds. The highest BCUT2D eigenvalue weighted by Gasteiger charge is 2.30. The van der Waals surface area contributed by atoms with E-state index in [1.54, 1.807) is 25.1 Å². The Morgan fingerprint density at radius 3 is 3.00 bits per heavy atom. The normalized spacial score (nSPS) is 16.6. The van der Waals surface area contributed by atoms with E-state index in [9.17, 15) is 19.2 Å². The number of rotatable bonds is 6. The number of aromatic amines is 1. The maximum Gasteiger partial charge on any atom is 0.306 e. The van der Waals surface area contributed by atoms with Crippen molar-refractivity contribution >= 4 is 45.0 Å². The molecular formula is C24H24N4O6S. The molecule has 3 N–H and O–H groups in total. The van der Waals surface area contributed by atoms with Crippen molar-refractivity contribution in [3.63, 3.8) is 0 Å². The maximum absolute atomic E-state index is 13.0. The van der Waals surface area contributed by atoms with E-state index in [-0.39, 0.29) is 48.8 Å². The number of H-pyrrole nitrogens is 1. The maximum atomic E-state index is 13.0. The summed E-state index contributed by atoms with van der Waals surface area (Å²) in [7, 11) is 0. The van der Waals surface area contributed by atoms with Crippen molar-refractivity contribution < 1.29 is 23.9 Å². The molecule has 35 heavy (non-hydrogen) atoms. The summed E-state index contributed by atoms with van der Waals surface area (Å²) in [5.74, 6) is -0.633. The number of nitrogens with one attached hydrogen (secondary N) is 3. The molecule has 182 valence electrons. The van der Waals surface area contributed by atoms with Gasteiger partial charge in [-0.15, -0.1) is 11.3 Å². The van der Waals surface area contributed by atoms with Gasteiger partial charge in [0.05, 0.1) is 24.1 Å². The Morgan fingerprint density at radius 2 is 2.17 bits per heavy atom. The number of fused-ring (bicyclic) bond motifs is 4. The number of aryl methyl sites for hydroxylation is 1. The molecule has 5 rings (SSSR count). The van der Waals surface area contributed by atoms with Crippen molar-refractivity contribution in [1.29, 1.82) is 0 Å². The van der Waals surface area contributed by atoms with Gasteiger partial charge in [0.15, 0.2) is 6.61 Å². The molecule has 3 heterocycles. The molecule has 2 aliphatic rings. The van der Waals surface area contributed by atoms with Crippen molar-refractivity contribution in [3.05, 3.63) is 50.4 Å². The van der Waals surface area contributed by atoms with Crippen LogP contribution in [-0.2, 0) is 27.3 Å². The Kier molecular flexibility index (Phi) is 6.25. The van der Waals surface area contributed by atoms with Crippen LogP contribution in [0.4, 0.5) is 5.69 Å². The fourth-order valence-corrected chi connectivity index (χ4v) is 5.89. The second-order valence-electron chi connectivity index (χ2n) is 8.48. The molecule has 0 spiro atoms. The summed E-state index contributed by atoms with van der Waals surface area (Å²) in [5, 5.41) is 5.94. The van der Waals surface area contributed by atoms with Gasteiger partial charge in [0.1, 0.15) is 10.6 Å². The van der Waals surface area contributed by atoms with Gasteiger partial charge in [0, 0.05) is 11.4 Å². The molecule has 0 saturated carbocycles. The molecule has 10 nitrogen and oxygen atoms in total. The first-order valence-corrected chi connectivity index (χ1v) is 12.3. The molecule has 1 aliphatic heterocycles.